The fourth-order valence-corrected chi connectivity index (χ4v) is 2.26. The van der Waals surface area contributed by atoms with Crippen LogP contribution in [-0.4, -0.2) is 22.7 Å². The summed E-state index contributed by atoms with van der Waals surface area (Å²) in [6, 6.07) is 4.96. The van der Waals surface area contributed by atoms with Crippen molar-refractivity contribution in [3.8, 4) is 0 Å². The number of hydrogen-bond donors (Lipinski definition) is 0. The quantitative estimate of drug-likeness (QED) is 0.454. The highest BCUT2D eigenvalue weighted by atomic mass is 79.9. The predicted molar refractivity (Wildman–Crippen MR) is 77.4 cm³/mol. The Bertz CT molecular complexity index is 476. The van der Waals surface area contributed by atoms with E-state index in [0.29, 0.717) is 15.6 Å². The number of carbonyl (C=O) groups is 2. The molecule has 3 nitrogen and oxygen atoms in total. The third-order valence-electron chi connectivity index (χ3n) is 2.04. The summed E-state index contributed by atoms with van der Waals surface area (Å²) >= 11 is 6.40. The molecule has 0 atom stereocenters. The molecule has 0 saturated carbocycles. The lowest BCUT2D eigenvalue weighted by molar-refractivity contribution is 0.00685. The van der Waals surface area contributed by atoms with Gasteiger partial charge in [-0.15, -0.1) is 0 Å². The Kier molecular flexibility index (Phi) is 5.10. The van der Waals surface area contributed by atoms with Crippen LogP contribution in [0.5, 0.6) is 0 Å². The molecule has 0 amide bonds. The van der Waals surface area contributed by atoms with Gasteiger partial charge in [-0.3, -0.25) is 4.79 Å². The van der Waals surface area contributed by atoms with Crippen LogP contribution < -0.4 is 0 Å². The van der Waals surface area contributed by atoms with Crippen LogP contribution in [0.25, 0.3) is 0 Å². The van der Waals surface area contributed by atoms with Crippen molar-refractivity contribution in [1.82, 2.24) is 0 Å². The molecule has 1 rings (SSSR count). The van der Waals surface area contributed by atoms with Crippen molar-refractivity contribution in [3.63, 3.8) is 0 Å². The van der Waals surface area contributed by atoms with E-state index in [1.165, 1.54) is 0 Å². The largest absolute Gasteiger partial charge is 0.456 e. The minimum atomic E-state index is -0.564. The normalized spacial score (nSPS) is 11.2. The van der Waals surface area contributed by atoms with E-state index < -0.39 is 11.6 Å². The van der Waals surface area contributed by atoms with Crippen LogP contribution in [-0.2, 0) is 4.74 Å². The fraction of sp³-hybridized carbons (Fsp3) is 0.385. The zero-order chi connectivity index (χ0) is 13.9. The number of alkyl halides is 1. The Hall–Kier alpha value is -0.680. The second kappa shape index (κ2) is 5.97. The Balaban J connectivity index is 3.11. The van der Waals surface area contributed by atoms with Crippen molar-refractivity contribution in [2.24, 2.45) is 0 Å². The predicted octanol–water partition coefficient (Wildman–Crippen LogP) is 3.98. The smallest absolute Gasteiger partial charge is 0.339 e. The van der Waals surface area contributed by atoms with E-state index in [4.69, 9.17) is 4.74 Å². The fourth-order valence-electron chi connectivity index (χ4n) is 1.31. The molecule has 0 aliphatic heterocycles. The van der Waals surface area contributed by atoms with E-state index in [9.17, 15) is 9.59 Å². The van der Waals surface area contributed by atoms with Crippen LogP contribution in [0.4, 0.5) is 0 Å². The van der Waals surface area contributed by atoms with Crippen LogP contribution in [0.3, 0.4) is 0 Å². The van der Waals surface area contributed by atoms with Crippen LogP contribution in [0.15, 0.2) is 22.7 Å². The average molecular weight is 378 g/mol. The molecule has 0 fully saturated rings. The Labute approximate surface area is 123 Å². The second-order valence-electron chi connectivity index (χ2n) is 4.73. The molecule has 0 N–H and O–H groups in total. The van der Waals surface area contributed by atoms with Crippen LogP contribution >= 0.6 is 31.9 Å². The summed E-state index contributed by atoms with van der Waals surface area (Å²) in [5.74, 6) is -0.536. The number of rotatable bonds is 3. The Morgan fingerprint density at radius 3 is 2.28 bits per heavy atom. The van der Waals surface area contributed by atoms with Crippen LogP contribution in [0.1, 0.15) is 41.5 Å². The number of Topliss-reactive ketones (excluding diaryl/α,β-unsaturated/α-hetero) is 1. The molecule has 0 heterocycles. The molecule has 18 heavy (non-hydrogen) atoms. The molecule has 0 unspecified atom stereocenters. The van der Waals surface area contributed by atoms with Gasteiger partial charge in [-0.05, 0) is 42.8 Å². The molecule has 0 aliphatic rings. The summed E-state index contributed by atoms with van der Waals surface area (Å²) in [6.07, 6.45) is 0. The Morgan fingerprint density at radius 2 is 1.78 bits per heavy atom. The van der Waals surface area contributed by atoms with Gasteiger partial charge in [0, 0.05) is 10.0 Å². The number of halogens is 2. The summed E-state index contributed by atoms with van der Waals surface area (Å²) in [7, 11) is 0. The van der Waals surface area contributed by atoms with E-state index in [0.717, 1.165) is 0 Å². The van der Waals surface area contributed by atoms with Gasteiger partial charge < -0.3 is 4.74 Å². The molecule has 1 aromatic carbocycles. The van der Waals surface area contributed by atoms with E-state index in [-0.39, 0.29) is 11.1 Å². The van der Waals surface area contributed by atoms with Crippen molar-refractivity contribution in [3.05, 3.63) is 33.8 Å². The van der Waals surface area contributed by atoms with Crippen molar-refractivity contribution >= 4 is 43.6 Å². The standard InChI is InChI=1S/C13H14Br2O3/c1-13(2,3)18-12(17)9-6-4-5-8(11(9)15)10(16)7-14/h4-6H,7H2,1-3H3. The topological polar surface area (TPSA) is 43.4 Å². The molecule has 0 aromatic heterocycles. The summed E-state index contributed by atoms with van der Waals surface area (Å²) in [6.45, 7) is 5.39. The summed E-state index contributed by atoms with van der Waals surface area (Å²) in [4.78, 5) is 23.6. The van der Waals surface area contributed by atoms with E-state index in [2.05, 4.69) is 31.9 Å². The maximum atomic E-state index is 12.0. The van der Waals surface area contributed by atoms with Gasteiger partial charge in [-0.25, -0.2) is 4.79 Å². The monoisotopic (exact) mass is 376 g/mol. The molecule has 1 aromatic rings. The van der Waals surface area contributed by atoms with Crippen molar-refractivity contribution in [2.75, 3.05) is 5.33 Å². The lowest BCUT2D eigenvalue weighted by atomic mass is 10.1. The van der Waals surface area contributed by atoms with E-state index in [1.54, 1.807) is 39.0 Å². The van der Waals surface area contributed by atoms with Gasteiger partial charge >= 0.3 is 5.97 Å². The average Bonchev–Trinajstić information content (AvgIpc) is 2.26. The van der Waals surface area contributed by atoms with Gasteiger partial charge in [-0.1, -0.05) is 28.1 Å². The molecule has 0 radical (unpaired) electrons. The van der Waals surface area contributed by atoms with Crippen molar-refractivity contribution < 1.29 is 14.3 Å². The first-order chi connectivity index (χ1) is 8.26. The third-order valence-corrected chi connectivity index (χ3v) is 3.40. The van der Waals surface area contributed by atoms with E-state index in [1.807, 2.05) is 0 Å². The van der Waals surface area contributed by atoms with Gasteiger partial charge in [0.25, 0.3) is 0 Å². The van der Waals surface area contributed by atoms with Gasteiger partial charge in [-0.2, -0.15) is 0 Å². The lowest BCUT2D eigenvalue weighted by Crippen LogP contribution is -2.24. The molecule has 98 valence electrons. The number of carbonyl (C=O) groups excluding carboxylic acids is 2. The highest BCUT2D eigenvalue weighted by Gasteiger charge is 2.22. The third kappa shape index (κ3) is 3.92. The van der Waals surface area contributed by atoms with Crippen molar-refractivity contribution in [2.45, 2.75) is 26.4 Å². The molecule has 0 bridgehead atoms. The summed E-state index contributed by atoms with van der Waals surface area (Å²) < 4.78 is 5.76. The molecular weight excluding hydrogens is 364 g/mol. The van der Waals surface area contributed by atoms with Gasteiger partial charge in [0.1, 0.15) is 5.60 Å². The highest BCUT2D eigenvalue weighted by molar-refractivity contribution is 9.10. The molecule has 5 heteroatoms. The zero-order valence-corrected chi connectivity index (χ0v) is 13.6. The SMILES string of the molecule is CC(C)(C)OC(=O)c1cccc(C(=O)CBr)c1Br. The molecule has 0 spiro atoms. The second-order valence-corrected chi connectivity index (χ2v) is 6.08. The maximum absolute atomic E-state index is 12.0. The minimum Gasteiger partial charge on any atom is -0.456 e. The number of benzene rings is 1. The van der Waals surface area contributed by atoms with Crippen molar-refractivity contribution in [1.29, 1.82) is 0 Å². The minimum absolute atomic E-state index is 0.0905. The van der Waals surface area contributed by atoms with Crippen LogP contribution in [0.2, 0.25) is 0 Å². The summed E-state index contributed by atoms with van der Waals surface area (Å²) in [5.41, 5.74) is 0.262. The Morgan fingerprint density at radius 1 is 1.22 bits per heavy atom. The summed E-state index contributed by atoms with van der Waals surface area (Å²) in [5, 5.41) is 0.212. The van der Waals surface area contributed by atoms with Gasteiger partial charge in [0.2, 0.25) is 0 Å². The van der Waals surface area contributed by atoms with E-state index >= 15 is 0 Å². The number of esters is 1. The first-order valence-corrected chi connectivity index (χ1v) is 7.28. The lowest BCUT2D eigenvalue weighted by Gasteiger charge is -2.20. The van der Waals surface area contributed by atoms with Gasteiger partial charge in [0.15, 0.2) is 5.78 Å². The first-order valence-electron chi connectivity index (χ1n) is 5.37. The molecule has 0 saturated heterocycles. The van der Waals surface area contributed by atoms with Gasteiger partial charge in [0.05, 0.1) is 10.9 Å². The highest BCUT2D eigenvalue weighted by Crippen LogP contribution is 2.25. The zero-order valence-electron chi connectivity index (χ0n) is 10.4. The number of ketones is 1. The maximum Gasteiger partial charge on any atom is 0.339 e. The molecule has 0 aliphatic carbocycles. The number of hydrogen-bond acceptors (Lipinski definition) is 3. The number of ether oxygens (including phenoxy) is 1. The molecular formula is C13H14Br2O3. The van der Waals surface area contributed by atoms with Crippen LogP contribution in [0, 0.1) is 0 Å². The first kappa shape index (κ1) is 15.4.